The van der Waals surface area contributed by atoms with Crippen molar-refractivity contribution in [3.8, 4) is 5.75 Å². The molecule has 118 valence electrons. The first-order valence-corrected chi connectivity index (χ1v) is 7.41. The molecule has 1 aromatic carbocycles. The molecule has 0 amide bonds. The topological polar surface area (TPSA) is 58.8 Å². The minimum atomic E-state index is 0.553. The summed E-state index contributed by atoms with van der Waals surface area (Å²) in [5.41, 5.74) is 2.23. The Labute approximate surface area is 131 Å². The molecule has 0 bridgehead atoms. The van der Waals surface area contributed by atoms with Crippen LogP contribution in [0.3, 0.4) is 0 Å². The van der Waals surface area contributed by atoms with Crippen molar-refractivity contribution < 1.29 is 9.15 Å². The second kappa shape index (κ2) is 8.12. The lowest BCUT2D eigenvalue weighted by atomic mass is 10.1. The van der Waals surface area contributed by atoms with Crippen molar-refractivity contribution in [1.29, 1.82) is 0 Å². The summed E-state index contributed by atoms with van der Waals surface area (Å²) in [5.74, 6) is 2.49. The summed E-state index contributed by atoms with van der Waals surface area (Å²) in [5, 5.41) is 6.47. The van der Waals surface area contributed by atoms with Crippen LogP contribution in [0.5, 0.6) is 5.75 Å². The number of nitrogens with zero attached hydrogens (tertiary/aromatic N) is 1. The number of guanidine groups is 1. The Bertz CT molecular complexity index is 606. The number of hydrogen-bond donors (Lipinski definition) is 2. The first kappa shape index (κ1) is 15.9. The number of rotatable bonds is 6. The zero-order valence-corrected chi connectivity index (χ0v) is 13.3. The third-order valence-corrected chi connectivity index (χ3v) is 3.20. The van der Waals surface area contributed by atoms with Gasteiger partial charge in [0.05, 0.1) is 26.5 Å². The highest BCUT2D eigenvalue weighted by atomic mass is 16.5. The lowest BCUT2D eigenvalue weighted by molar-refractivity contribution is 0.409. The van der Waals surface area contributed by atoms with Gasteiger partial charge in [0.25, 0.3) is 0 Å². The van der Waals surface area contributed by atoms with E-state index in [0.717, 1.165) is 29.6 Å². The smallest absolute Gasteiger partial charge is 0.191 e. The predicted octanol–water partition coefficient (Wildman–Crippen LogP) is 2.85. The van der Waals surface area contributed by atoms with Crippen molar-refractivity contribution in [1.82, 2.24) is 10.6 Å². The van der Waals surface area contributed by atoms with Crippen LogP contribution < -0.4 is 15.4 Å². The maximum absolute atomic E-state index is 5.41. The normalized spacial score (nSPS) is 11.3. The number of hydrogen-bond acceptors (Lipinski definition) is 3. The van der Waals surface area contributed by atoms with Crippen molar-refractivity contribution in [3.63, 3.8) is 0 Å². The van der Waals surface area contributed by atoms with Gasteiger partial charge in [-0.1, -0.05) is 12.1 Å². The van der Waals surface area contributed by atoms with Crippen LogP contribution in [0, 0.1) is 6.92 Å². The van der Waals surface area contributed by atoms with Crippen molar-refractivity contribution in [2.24, 2.45) is 4.99 Å². The van der Waals surface area contributed by atoms with E-state index in [1.165, 1.54) is 5.56 Å². The Morgan fingerprint density at radius 2 is 2.14 bits per heavy atom. The molecule has 0 unspecified atom stereocenters. The molecule has 0 atom stereocenters. The molecule has 2 N–H and O–H groups in total. The molecule has 5 nitrogen and oxygen atoms in total. The third kappa shape index (κ3) is 4.55. The molecule has 0 spiro atoms. The molecule has 0 saturated carbocycles. The second-order valence-electron chi connectivity index (χ2n) is 4.94. The largest absolute Gasteiger partial charge is 0.496 e. The van der Waals surface area contributed by atoms with Gasteiger partial charge < -0.3 is 19.8 Å². The fourth-order valence-corrected chi connectivity index (χ4v) is 2.07. The minimum absolute atomic E-state index is 0.553. The zero-order chi connectivity index (χ0) is 15.8. The number of benzene rings is 1. The molecule has 0 saturated heterocycles. The van der Waals surface area contributed by atoms with Crippen LogP contribution in [-0.4, -0.2) is 19.6 Å². The molecule has 0 aliphatic rings. The molecule has 2 rings (SSSR count). The van der Waals surface area contributed by atoms with Crippen LogP contribution in [0.2, 0.25) is 0 Å². The van der Waals surface area contributed by atoms with E-state index in [1.807, 2.05) is 38.1 Å². The Balaban J connectivity index is 2.03. The monoisotopic (exact) mass is 301 g/mol. The van der Waals surface area contributed by atoms with E-state index in [4.69, 9.17) is 9.15 Å². The standard InChI is InChI=1S/C17H23N3O2/c1-4-18-17(20-12-15-6-5-9-22-15)19-11-14-8-7-13(2)10-16(14)21-3/h5-10H,4,11-12H2,1-3H3,(H2,18,19,20). The summed E-state index contributed by atoms with van der Waals surface area (Å²) < 4.78 is 10.7. The van der Waals surface area contributed by atoms with Gasteiger partial charge in [-0.15, -0.1) is 0 Å². The number of furan rings is 1. The third-order valence-electron chi connectivity index (χ3n) is 3.20. The van der Waals surface area contributed by atoms with Crippen molar-refractivity contribution in [2.45, 2.75) is 26.9 Å². The summed E-state index contributed by atoms with van der Waals surface area (Å²) in [4.78, 5) is 4.59. The quantitative estimate of drug-likeness (QED) is 0.636. The van der Waals surface area contributed by atoms with Gasteiger partial charge in [-0.2, -0.15) is 0 Å². The minimum Gasteiger partial charge on any atom is -0.496 e. The summed E-state index contributed by atoms with van der Waals surface area (Å²) >= 11 is 0. The van der Waals surface area contributed by atoms with Gasteiger partial charge in [0.1, 0.15) is 11.5 Å². The average molecular weight is 301 g/mol. The molecule has 0 aliphatic carbocycles. The van der Waals surface area contributed by atoms with Crippen molar-refractivity contribution in [3.05, 3.63) is 53.5 Å². The highest BCUT2D eigenvalue weighted by Gasteiger charge is 2.04. The first-order valence-electron chi connectivity index (χ1n) is 7.41. The number of nitrogens with one attached hydrogen (secondary N) is 2. The SMILES string of the molecule is CCNC(=NCc1ccc(C)cc1OC)NCc1ccco1. The summed E-state index contributed by atoms with van der Waals surface area (Å²) in [6.07, 6.45) is 1.66. The molecular weight excluding hydrogens is 278 g/mol. The van der Waals surface area contributed by atoms with Gasteiger partial charge >= 0.3 is 0 Å². The number of ether oxygens (including phenoxy) is 1. The van der Waals surface area contributed by atoms with Gasteiger partial charge in [-0.05, 0) is 37.6 Å². The zero-order valence-electron chi connectivity index (χ0n) is 13.3. The van der Waals surface area contributed by atoms with E-state index in [1.54, 1.807) is 13.4 Å². The lowest BCUT2D eigenvalue weighted by Crippen LogP contribution is -2.36. The van der Waals surface area contributed by atoms with Gasteiger partial charge in [0.15, 0.2) is 5.96 Å². The number of aryl methyl sites for hydroxylation is 1. The van der Waals surface area contributed by atoms with Gasteiger partial charge in [0.2, 0.25) is 0 Å². The Hall–Kier alpha value is -2.43. The molecule has 0 radical (unpaired) electrons. The molecule has 1 heterocycles. The van der Waals surface area contributed by atoms with Crippen LogP contribution >= 0.6 is 0 Å². The molecule has 0 aliphatic heterocycles. The maximum atomic E-state index is 5.41. The van der Waals surface area contributed by atoms with Crippen molar-refractivity contribution >= 4 is 5.96 Å². The molecule has 5 heteroatoms. The van der Waals surface area contributed by atoms with E-state index in [-0.39, 0.29) is 0 Å². The van der Waals surface area contributed by atoms with Crippen LogP contribution in [0.1, 0.15) is 23.8 Å². The Morgan fingerprint density at radius 1 is 1.27 bits per heavy atom. The number of aliphatic imine (C=N–C) groups is 1. The van der Waals surface area contributed by atoms with Crippen LogP contribution in [-0.2, 0) is 13.1 Å². The molecular formula is C17H23N3O2. The molecule has 1 aromatic heterocycles. The highest BCUT2D eigenvalue weighted by molar-refractivity contribution is 5.79. The lowest BCUT2D eigenvalue weighted by Gasteiger charge is -2.11. The molecule has 2 aromatic rings. The average Bonchev–Trinajstić information content (AvgIpc) is 3.04. The maximum Gasteiger partial charge on any atom is 0.191 e. The van der Waals surface area contributed by atoms with Crippen LogP contribution in [0.25, 0.3) is 0 Å². The molecule has 22 heavy (non-hydrogen) atoms. The fourth-order valence-electron chi connectivity index (χ4n) is 2.07. The summed E-state index contributed by atoms with van der Waals surface area (Å²) in [6.45, 7) is 6.04. The Morgan fingerprint density at radius 3 is 2.82 bits per heavy atom. The predicted molar refractivity (Wildman–Crippen MR) is 88.1 cm³/mol. The highest BCUT2D eigenvalue weighted by Crippen LogP contribution is 2.20. The molecule has 0 fully saturated rings. The summed E-state index contributed by atoms with van der Waals surface area (Å²) in [6, 6.07) is 9.94. The van der Waals surface area contributed by atoms with Gasteiger partial charge in [-0.25, -0.2) is 4.99 Å². The fraction of sp³-hybridized carbons (Fsp3) is 0.353. The Kier molecular flexibility index (Phi) is 5.89. The van der Waals surface area contributed by atoms with E-state index >= 15 is 0 Å². The van der Waals surface area contributed by atoms with E-state index in [2.05, 4.69) is 21.7 Å². The van der Waals surface area contributed by atoms with Crippen LogP contribution in [0.15, 0.2) is 46.0 Å². The van der Waals surface area contributed by atoms with Crippen LogP contribution in [0.4, 0.5) is 0 Å². The number of methoxy groups -OCH3 is 1. The second-order valence-corrected chi connectivity index (χ2v) is 4.94. The van der Waals surface area contributed by atoms with E-state index in [9.17, 15) is 0 Å². The van der Waals surface area contributed by atoms with E-state index < -0.39 is 0 Å². The van der Waals surface area contributed by atoms with Gasteiger partial charge in [0, 0.05) is 12.1 Å². The van der Waals surface area contributed by atoms with E-state index in [0.29, 0.717) is 13.1 Å². The summed E-state index contributed by atoms with van der Waals surface area (Å²) in [7, 11) is 1.68. The van der Waals surface area contributed by atoms with Gasteiger partial charge in [-0.3, -0.25) is 0 Å². The first-order chi connectivity index (χ1) is 10.7. The van der Waals surface area contributed by atoms with Crippen molar-refractivity contribution in [2.75, 3.05) is 13.7 Å².